The topological polar surface area (TPSA) is 52.3 Å². The molecule has 0 aliphatic heterocycles. The van der Waals surface area contributed by atoms with Crippen LogP contribution in [-0.4, -0.2) is 5.78 Å². The van der Waals surface area contributed by atoms with Crippen molar-refractivity contribution in [2.24, 2.45) is 0 Å². The van der Waals surface area contributed by atoms with Crippen molar-refractivity contribution >= 4 is 11.5 Å². The van der Waals surface area contributed by atoms with Crippen LogP contribution in [0.2, 0.25) is 0 Å². The summed E-state index contributed by atoms with van der Waals surface area (Å²) in [4.78, 5) is 11.3. The lowest BCUT2D eigenvalue weighted by Gasteiger charge is -2.09. The molecule has 0 aromatic heterocycles. The molecule has 2 N–H and O–H groups in total. The molecule has 110 valence electrons. The van der Waals surface area contributed by atoms with Gasteiger partial charge in [0.05, 0.1) is 0 Å². The number of ketones is 1. The van der Waals surface area contributed by atoms with Gasteiger partial charge in [0.15, 0.2) is 5.78 Å². The normalized spacial score (nSPS) is 10.4. The highest BCUT2D eigenvalue weighted by molar-refractivity contribution is 5.99. The monoisotopic (exact) mass is 283 g/mol. The Morgan fingerprint density at radius 1 is 1.10 bits per heavy atom. The van der Waals surface area contributed by atoms with Crippen molar-refractivity contribution in [3.05, 3.63) is 53.6 Å². The molecular formula is C18H21NO2. The van der Waals surface area contributed by atoms with Gasteiger partial charge in [-0.2, -0.15) is 0 Å². The Bertz CT molecular complexity index is 618. The molecule has 0 aliphatic carbocycles. The van der Waals surface area contributed by atoms with Crippen molar-refractivity contribution in [2.45, 2.75) is 33.1 Å². The van der Waals surface area contributed by atoms with Crippen molar-refractivity contribution in [2.75, 3.05) is 5.73 Å². The SMILES string of the molecule is CCCCc1ccc(Oc2ccc(C(C)=O)c(N)c2)cc1. The van der Waals surface area contributed by atoms with Crippen LogP contribution in [0.4, 0.5) is 5.69 Å². The first-order valence-corrected chi connectivity index (χ1v) is 7.27. The largest absolute Gasteiger partial charge is 0.457 e. The number of hydrogen-bond donors (Lipinski definition) is 1. The number of unbranched alkanes of at least 4 members (excludes halogenated alkanes) is 1. The highest BCUT2D eigenvalue weighted by Gasteiger charge is 2.06. The highest BCUT2D eigenvalue weighted by atomic mass is 16.5. The standard InChI is InChI=1S/C18H21NO2/c1-3-4-5-14-6-8-15(9-7-14)21-16-10-11-17(13(2)20)18(19)12-16/h6-12H,3-5,19H2,1-2H3. The van der Waals surface area contributed by atoms with Gasteiger partial charge in [-0.25, -0.2) is 0 Å². The zero-order chi connectivity index (χ0) is 15.2. The number of nitrogens with two attached hydrogens (primary N) is 1. The summed E-state index contributed by atoms with van der Waals surface area (Å²) in [6, 6.07) is 13.2. The van der Waals surface area contributed by atoms with Gasteiger partial charge >= 0.3 is 0 Å². The van der Waals surface area contributed by atoms with E-state index < -0.39 is 0 Å². The smallest absolute Gasteiger partial charge is 0.161 e. The molecule has 3 heteroatoms. The summed E-state index contributed by atoms with van der Waals surface area (Å²) in [5.74, 6) is 1.36. The Kier molecular flexibility index (Phi) is 4.99. The number of carbonyl (C=O) groups excluding carboxylic acids is 1. The maximum Gasteiger partial charge on any atom is 0.161 e. The molecule has 0 unspecified atom stereocenters. The van der Waals surface area contributed by atoms with Gasteiger partial charge in [-0.05, 0) is 49.6 Å². The van der Waals surface area contributed by atoms with Crippen molar-refractivity contribution in [3.63, 3.8) is 0 Å². The first kappa shape index (κ1) is 15.1. The average molecular weight is 283 g/mol. The van der Waals surface area contributed by atoms with E-state index >= 15 is 0 Å². The van der Waals surface area contributed by atoms with Gasteiger partial charge < -0.3 is 10.5 Å². The van der Waals surface area contributed by atoms with Gasteiger partial charge in [0, 0.05) is 17.3 Å². The number of anilines is 1. The molecule has 0 heterocycles. The molecule has 0 bridgehead atoms. The fourth-order valence-electron chi connectivity index (χ4n) is 2.17. The fourth-order valence-corrected chi connectivity index (χ4v) is 2.17. The lowest BCUT2D eigenvalue weighted by molar-refractivity contribution is 0.101. The van der Waals surface area contributed by atoms with Gasteiger partial charge in [-0.1, -0.05) is 25.5 Å². The third-order valence-electron chi connectivity index (χ3n) is 3.38. The number of carbonyl (C=O) groups is 1. The third kappa shape index (κ3) is 4.09. The number of hydrogen-bond acceptors (Lipinski definition) is 3. The van der Waals surface area contributed by atoms with Crippen LogP contribution >= 0.6 is 0 Å². The zero-order valence-electron chi connectivity index (χ0n) is 12.6. The van der Waals surface area contributed by atoms with E-state index in [1.165, 1.54) is 25.3 Å². The molecule has 0 fully saturated rings. The van der Waals surface area contributed by atoms with Gasteiger partial charge in [-0.3, -0.25) is 4.79 Å². The minimum atomic E-state index is -0.0423. The van der Waals surface area contributed by atoms with Crippen molar-refractivity contribution in [1.82, 2.24) is 0 Å². The van der Waals surface area contributed by atoms with E-state index in [4.69, 9.17) is 10.5 Å². The van der Waals surface area contributed by atoms with Crippen molar-refractivity contribution in [1.29, 1.82) is 0 Å². The maximum absolute atomic E-state index is 11.3. The van der Waals surface area contributed by atoms with E-state index in [2.05, 4.69) is 19.1 Å². The Balaban J connectivity index is 2.07. The molecule has 0 aliphatic rings. The second-order valence-electron chi connectivity index (χ2n) is 5.15. The molecule has 2 aromatic rings. The summed E-state index contributed by atoms with van der Waals surface area (Å²) in [5.41, 5.74) is 8.14. The van der Waals surface area contributed by atoms with Crippen LogP contribution < -0.4 is 10.5 Å². The molecular weight excluding hydrogens is 262 g/mol. The molecule has 0 saturated heterocycles. The molecule has 2 aromatic carbocycles. The quantitative estimate of drug-likeness (QED) is 0.622. The summed E-state index contributed by atoms with van der Waals surface area (Å²) in [5, 5.41) is 0. The van der Waals surface area contributed by atoms with Crippen LogP contribution in [0.15, 0.2) is 42.5 Å². The molecule has 0 radical (unpaired) electrons. The van der Waals surface area contributed by atoms with E-state index in [1.807, 2.05) is 12.1 Å². The summed E-state index contributed by atoms with van der Waals surface area (Å²) in [6.07, 6.45) is 3.49. The predicted octanol–water partition coefficient (Wildman–Crippen LogP) is 4.61. The van der Waals surface area contributed by atoms with Gasteiger partial charge in [0.1, 0.15) is 11.5 Å². The summed E-state index contributed by atoms with van der Waals surface area (Å²) < 4.78 is 5.76. The number of ether oxygens (including phenoxy) is 1. The van der Waals surface area contributed by atoms with E-state index in [9.17, 15) is 4.79 Å². The Morgan fingerprint density at radius 3 is 2.33 bits per heavy atom. The maximum atomic E-state index is 11.3. The second kappa shape index (κ2) is 6.93. The molecule has 21 heavy (non-hydrogen) atoms. The van der Waals surface area contributed by atoms with E-state index in [0.29, 0.717) is 17.0 Å². The first-order chi connectivity index (χ1) is 10.1. The molecule has 0 spiro atoms. The Hall–Kier alpha value is -2.29. The first-order valence-electron chi connectivity index (χ1n) is 7.27. The molecule has 0 amide bonds. The van der Waals surface area contributed by atoms with Crippen LogP contribution in [0.3, 0.4) is 0 Å². The number of Topliss-reactive ketones (excluding diaryl/α,β-unsaturated/α-hetero) is 1. The highest BCUT2D eigenvalue weighted by Crippen LogP contribution is 2.26. The second-order valence-corrected chi connectivity index (χ2v) is 5.15. The van der Waals surface area contributed by atoms with Crippen LogP contribution in [0.25, 0.3) is 0 Å². The zero-order valence-corrected chi connectivity index (χ0v) is 12.6. The summed E-state index contributed by atoms with van der Waals surface area (Å²) in [7, 11) is 0. The number of nitrogen functional groups attached to an aromatic ring is 1. The number of benzene rings is 2. The van der Waals surface area contributed by atoms with E-state index in [1.54, 1.807) is 18.2 Å². The molecule has 0 atom stereocenters. The molecule has 2 rings (SSSR count). The number of rotatable bonds is 6. The van der Waals surface area contributed by atoms with Crippen molar-refractivity contribution in [3.8, 4) is 11.5 Å². The molecule has 3 nitrogen and oxygen atoms in total. The van der Waals surface area contributed by atoms with E-state index in [-0.39, 0.29) is 5.78 Å². The average Bonchev–Trinajstić information content (AvgIpc) is 2.46. The van der Waals surface area contributed by atoms with Gasteiger partial charge in [-0.15, -0.1) is 0 Å². The van der Waals surface area contributed by atoms with Crippen molar-refractivity contribution < 1.29 is 9.53 Å². The van der Waals surface area contributed by atoms with Crippen LogP contribution in [0, 0.1) is 0 Å². The van der Waals surface area contributed by atoms with Gasteiger partial charge in [0.25, 0.3) is 0 Å². The predicted molar refractivity (Wildman–Crippen MR) is 86.0 cm³/mol. The van der Waals surface area contributed by atoms with E-state index in [0.717, 1.165) is 12.2 Å². The van der Waals surface area contributed by atoms with Crippen LogP contribution in [-0.2, 0) is 6.42 Å². The molecule has 0 saturated carbocycles. The minimum absolute atomic E-state index is 0.0423. The third-order valence-corrected chi connectivity index (χ3v) is 3.38. The fraction of sp³-hybridized carbons (Fsp3) is 0.278. The van der Waals surface area contributed by atoms with Crippen LogP contribution in [0.1, 0.15) is 42.6 Å². The summed E-state index contributed by atoms with van der Waals surface area (Å²) >= 11 is 0. The van der Waals surface area contributed by atoms with Crippen LogP contribution in [0.5, 0.6) is 11.5 Å². The Labute approximate surface area is 125 Å². The number of aryl methyl sites for hydroxylation is 1. The summed E-state index contributed by atoms with van der Waals surface area (Å²) in [6.45, 7) is 3.69. The minimum Gasteiger partial charge on any atom is -0.457 e. The van der Waals surface area contributed by atoms with Gasteiger partial charge in [0.2, 0.25) is 0 Å². The Morgan fingerprint density at radius 2 is 1.76 bits per heavy atom. The lowest BCUT2D eigenvalue weighted by Crippen LogP contribution is -1.99. The lowest BCUT2D eigenvalue weighted by atomic mass is 10.1.